The molecule has 1 aliphatic carbocycles. The number of nitrogens with one attached hydrogen (secondary N) is 1. The van der Waals surface area contributed by atoms with E-state index in [9.17, 15) is 14.7 Å². The van der Waals surface area contributed by atoms with E-state index in [1.165, 1.54) is 6.42 Å². The van der Waals surface area contributed by atoms with Crippen LogP contribution in [0.5, 0.6) is 0 Å². The fraction of sp³-hybridized carbons (Fsp3) is 0.875. The minimum Gasteiger partial charge on any atom is -0.481 e. The monoisotopic (exact) mass is 297 g/mol. The fourth-order valence-electron chi connectivity index (χ4n) is 3.44. The number of amides is 1. The van der Waals surface area contributed by atoms with E-state index in [0.717, 1.165) is 51.6 Å². The zero-order valence-electron chi connectivity index (χ0n) is 12.7. The Morgan fingerprint density at radius 2 is 1.86 bits per heavy atom. The first-order valence-electron chi connectivity index (χ1n) is 8.28. The summed E-state index contributed by atoms with van der Waals surface area (Å²) in [7, 11) is 0. The Labute approximate surface area is 126 Å². The smallest absolute Gasteiger partial charge is 0.306 e. The fourth-order valence-corrected chi connectivity index (χ4v) is 3.44. The van der Waals surface area contributed by atoms with Crippen molar-refractivity contribution >= 4 is 11.9 Å². The van der Waals surface area contributed by atoms with Crippen molar-refractivity contribution in [1.82, 2.24) is 5.32 Å². The Balaban J connectivity index is 1.66. The third kappa shape index (κ3) is 5.30. The summed E-state index contributed by atoms with van der Waals surface area (Å²) in [5, 5.41) is 12.1. The molecule has 1 saturated heterocycles. The molecule has 1 amide bonds. The summed E-state index contributed by atoms with van der Waals surface area (Å²) in [4.78, 5) is 23.1. The van der Waals surface area contributed by atoms with Crippen LogP contribution in [0.15, 0.2) is 0 Å². The van der Waals surface area contributed by atoms with Gasteiger partial charge in [-0.05, 0) is 44.4 Å². The number of hydrogen-bond donors (Lipinski definition) is 2. The van der Waals surface area contributed by atoms with Gasteiger partial charge in [-0.1, -0.05) is 12.8 Å². The molecular formula is C16H27NO4. The van der Waals surface area contributed by atoms with Crippen LogP contribution in [-0.2, 0) is 14.3 Å². The number of carboxylic acids is 1. The van der Waals surface area contributed by atoms with Crippen molar-refractivity contribution in [1.29, 1.82) is 0 Å². The van der Waals surface area contributed by atoms with Gasteiger partial charge >= 0.3 is 5.97 Å². The summed E-state index contributed by atoms with van der Waals surface area (Å²) in [6.07, 6.45) is 8.56. The van der Waals surface area contributed by atoms with Crippen molar-refractivity contribution in [3.63, 3.8) is 0 Å². The van der Waals surface area contributed by atoms with Crippen molar-refractivity contribution in [3.8, 4) is 0 Å². The van der Waals surface area contributed by atoms with Crippen LogP contribution in [0.25, 0.3) is 0 Å². The molecule has 0 spiro atoms. The van der Waals surface area contributed by atoms with Gasteiger partial charge in [0.25, 0.3) is 0 Å². The van der Waals surface area contributed by atoms with E-state index in [-0.39, 0.29) is 23.8 Å². The Morgan fingerprint density at radius 3 is 2.57 bits per heavy atom. The van der Waals surface area contributed by atoms with Crippen LogP contribution in [0.4, 0.5) is 0 Å². The maximum absolute atomic E-state index is 11.9. The van der Waals surface area contributed by atoms with E-state index in [4.69, 9.17) is 4.74 Å². The zero-order valence-corrected chi connectivity index (χ0v) is 12.7. The molecule has 0 aromatic rings. The van der Waals surface area contributed by atoms with Crippen molar-refractivity contribution in [2.24, 2.45) is 11.8 Å². The largest absolute Gasteiger partial charge is 0.481 e. The molecule has 1 heterocycles. The number of rotatable bonds is 6. The van der Waals surface area contributed by atoms with E-state index in [0.29, 0.717) is 13.0 Å². The second-order valence-corrected chi connectivity index (χ2v) is 6.32. The van der Waals surface area contributed by atoms with Gasteiger partial charge in [0.15, 0.2) is 0 Å². The lowest BCUT2D eigenvalue weighted by molar-refractivity contribution is -0.145. The summed E-state index contributed by atoms with van der Waals surface area (Å²) in [5.74, 6) is -0.893. The second-order valence-electron chi connectivity index (χ2n) is 6.32. The van der Waals surface area contributed by atoms with Gasteiger partial charge in [-0.15, -0.1) is 0 Å². The van der Waals surface area contributed by atoms with Crippen LogP contribution < -0.4 is 5.32 Å². The number of carboxylic acid groups (broad SMARTS) is 1. The van der Waals surface area contributed by atoms with Crippen LogP contribution in [0.2, 0.25) is 0 Å². The predicted molar refractivity (Wildman–Crippen MR) is 78.9 cm³/mol. The number of hydrogen-bond acceptors (Lipinski definition) is 3. The molecule has 5 nitrogen and oxygen atoms in total. The van der Waals surface area contributed by atoms with Crippen LogP contribution in [-0.4, -0.2) is 36.2 Å². The summed E-state index contributed by atoms with van der Waals surface area (Å²) in [6, 6.07) is 0. The van der Waals surface area contributed by atoms with Gasteiger partial charge < -0.3 is 15.2 Å². The third-order valence-corrected chi connectivity index (χ3v) is 4.76. The normalized spacial score (nSPS) is 29.8. The molecule has 21 heavy (non-hydrogen) atoms. The van der Waals surface area contributed by atoms with Crippen LogP contribution in [0, 0.1) is 11.8 Å². The molecule has 2 aliphatic rings. The van der Waals surface area contributed by atoms with E-state index >= 15 is 0 Å². The molecule has 120 valence electrons. The van der Waals surface area contributed by atoms with Gasteiger partial charge in [-0.2, -0.15) is 0 Å². The molecule has 3 unspecified atom stereocenters. The van der Waals surface area contributed by atoms with Crippen LogP contribution >= 0.6 is 0 Å². The third-order valence-electron chi connectivity index (χ3n) is 4.76. The lowest BCUT2D eigenvalue weighted by Crippen LogP contribution is -2.37. The van der Waals surface area contributed by atoms with Gasteiger partial charge in [-0.25, -0.2) is 0 Å². The van der Waals surface area contributed by atoms with E-state index in [1.807, 2.05) is 0 Å². The number of aliphatic carboxylic acids is 1. The van der Waals surface area contributed by atoms with Gasteiger partial charge in [-0.3, -0.25) is 9.59 Å². The molecule has 2 N–H and O–H groups in total. The van der Waals surface area contributed by atoms with Gasteiger partial charge in [0.1, 0.15) is 0 Å². The lowest BCUT2D eigenvalue weighted by Gasteiger charge is -2.28. The van der Waals surface area contributed by atoms with Crippen LogP contribution in [0.1, 0.15) is 57.8 Å². The molecule has 1 saturated carbocycles. The average molecular weight is 297 g/mol. The summed E-state index contributed by atoms with van der Waals surface area (Å²) >= 11 is 0. The molecule has 5 heteroatoms. The van der Waals surface area contributed by atoms with Gasteiger partial charge in [0.05, 0.1) is 12.0 Å². The van der Waals surface area contributed by atoms with Gasteiger partial charge in [0.2, 0.25) is 5.91 Å². The van der Waals surface area contributed by atoms with Crippen molar-refractivity contribution < 1.29 is 19.4 Å². The standard InChI is InChI=1S/C16H27NO4/c18-15(9-8-13-6-3-4-10-21-13)17-11-12-5-1-2-7-14(12)16(19)20/h12-14H,1-11H2,(H,17,18)(H,19,20). The highest BCUT2D eigenvalue weighted by Crippen LogP contribution is 2.29. The van der Waals surface area contributed by atoms with Crippen molar-refractivity contribution in [2.45, 2.75) is 63.9 Å². The average Bonchev–Trinajstić information content (AvgIpc) is 2.52. The van der Waals surface area contributed by atoms with E-state index in [1.54, 1.807) is 0 Å². The number of carbonyl (C=O) groups excluding carboxylic acids is 1. The molecule has 3 atom stereocenters. The molecular weight excluding hydrogens is 270 g/mol. The highest BCUT2D eigenvalue weighted by Gasteiger charge is 2.30. The molecule has 0 radical (unpaired) electrons. The Bertz CT molecular complexity index is 352. The number of ether oxygens (including phenoxy) is 1. The molecule has 2 fully saturated rings. The Morgan fingerprint density at radius 1 is 1.10 bits per heavy atom. The Hall–Kier alpha value is -1.10. The number of carbonyl (C=O) groups is 2. The van der Waals surface area contributed by atoms with Gasteiger partial charge in [0, 0.05) is 19.6 Å². The highest BCUT2D eigenvalue weighted by molar-refractivity contribution is 5.76. The maximum atomic E-state index is 11.9. The molecule has 0 aromatic carbocycles. The molecule has 1 aliphatic heterocycles. The quantitative estimate of drug-likeness (QED) is 0.789. The first-order chi connectivity index (χ1) is 10.2. The second kappa shape index (κ2) is 8.37. The summed E-state index contributed by atoms with van der Waals surface area (Å²) in [6.45, 7) is 1.32. The van der Waals surface area contributed by atoms with Crippen molar-refractivity contribution in [2.75, 3.05) is 13.2 Å². The summed E-state index contributed by atoms with van der Waals surface area (Å²) in [5.41, 5.74) is 0. The molecule has 0 bridgehead atoms. The van der Waals surface area contributed by atoms with E-state index < -0.39 is 5.97 Å². The van der Waals surface area contributed by atoms with Crippen molar-refractivity contribution in [3.05, 3.63) is 0 Å². The summed E-state index contributed by atoms with van der Waals surface area (Å²) < 4.78 is 5.61. The minimum atomic E-state index is -0.718. The van der Waals surface area contributed by atoms with Crippen LogP contribution in [0.3, 0.4) is 0 Å². The minimum absolute atomic E-state index is 0.0267. The highest BCUT2D eigenvalue weighted by atomic mass is 16.5. The zero-order chi connectivity index (χ0) is 15.1. The maximum Gasteiger partial charge on any atom is 0.306 e. The SMILES string of the molecule is O=C(CCC1CCCCO1)NCC1CCCCC1C(=O)O. The lowest BCUT2D eigenvalue weighted by atomic mass is 9.79. The Kier molecular flexibility index (Phi) is 6.49. The first-order valence-corrected chi connectivity index (χ1v) is 8.28. The topological polar surface area (TPSA) is 75.6 Å². The van der Waals surface area contributed by atoms with E-state index in [2.05, 4.69) is 5.32 Å². The predicted octanol–water partition coefficient (Wildman–Crippen LogP) is 2.34. The first kappa shape index (κ1) is 16.3. The molecule has 0 aromatic heterocycles. The molecule has 2 rings (SSSR count).